The highest BCUT2D eigenvalue weighted by molar-refractivity contribution is 7.84. The molecule has 0 saturated carbocycles. The van der Waals surface area contributed by atoms with Crippen molar-refractivity contribution in [2.75, 3.05) is 12.0 Å². The van der Waals surface area contributed by atoms with Crippen LogP contribution in [0.4, 0.5) is 0 Å². The summed E-state index contributed by atoms with van der Waals surface area (Å²) in [5.41, 5.74) is 0. The first kappa shape index (κ1) is 9.34. The van der Waals surface area contributed by atoms with Gasteiger partial charge in [0.1, 0.15) is 12.9 Å². The Morgan fingerprint density at radius 3 is 3.08 bits per heavy atom. The zero-order valence-corrected chi connectivity index (χ0v) is 7.62. The summed E-state index contributed by atoms with van der Waals surface area (Å²) in [6, 6.07) is 0. The molecule has 0 aromatic carbocycles. The Morgan fingerprint density at radius 2 is 2.50 bits per heavy atom. The third kappa shape index (κ3) is 2.38. The number of hydrogen-bond acceptors (Lipinski definition) is 4. The second kappa shape index (κ2) is 4.32. The summed E-state index contributed by atoms with van der Waals surface area (Å²) < 4.78 is 12.4. The summed E-state index contributed by atoms with van der Waals surface area (Å²) in [6.45, 7) is 0.461. The van der Waals surface area contributed by atoms with Crippen molar-refractivity contribution in [3.05, 3.63) is 12.2 Å². The van der Waals surface area contributed by atoms with E-state index < -0.39 is 10.8 Å². The van der Waals surface area contributed by atoms with Crippen molar-refractivity contribution >= 4 is 10.8 Å². The maximum absolute atomic E-state index is 10.7. The van der Waals surface area contributed by atoms with Crippen LogP contribution in [0.2, 0.25) is 0 Å². The van der Waals surface area contributed by atoms with Crippen molar-refractivity contribution in [2.45, 2.75) is 13.2 Å². The Morgan fingerprint density at radius 1 is 1.75 bits per heavy atom. The van der Waals surface area contributed by atoms with E-state index in [9.17, 15) is 4.21 Å². The quantitative estimate of drug-likeness (QED) is 0.670. The smallest absolute Gasteiger partial charge is 0.158 e. The van der Waals surface area contributed by atoms with Gasteiger partial charge in [0.05, 0.1) is 0 Å². The molecule has 0 amide bonds. The SMILES string of the molecule is CS(=O)CCn1cnnc1CO. The normalized spacial score (nSPS) is 13.2. The Hall–Kier alpha value is -0.750. The van der Waals surface area contributed by atoms with Gasteiger partial charge in [0.25, 0.3) is 0 Å². The molecule has 12 heavy (non-hydrogen) atoms. The molecule has 0 aliphatic rings. The molecule has 6 heteroatoms. The predicted octanol–water partition coefficient (Wildman–Crippen LogP) is -0.851. The third-order valence-electron chi connectivity index (χ3n) is 1.46. The molecule has 1 heterocycles. The van der Waals surface area contributed by atoms with Crippen molar-refractivity contribution in [1.29, 1.82) is 0 Å². The molecule has 0 saturated heterocycles. The van der Waals surface area contributed by atoms with Crippen LogP contribution in [0.1, 0.15) is 5.82 Å². The number of aromatic nitrogens is 3. The standard InChI is InChI=1S/C6H11N3O2S/c1-12(11)3-2-9-5-7-8-6(9)4-10/h5,10H,2-4H2,1H3. The second-order valence-electron chi connectivity index (χ2n) is 2.38. The zero-order valence-electron chi connectivity index (χ0n) is 6.80. The monoisotopic (exact) mass is 189 g/mol. The molecule has 0 aliphatic heterocycles. The summed E-state index contributed by atoms with van der Waals surface area (Å²) in [5.74, 6) is 1.07. The van der Waals surface area contributed by atoms with Gasteiger partial charge < -0.3 is 9.67 Å². The van der Waals surface area contributed by atoms with E-state index in [1.165, 1.54) is 6.33 Å². The summed E-state index contributed by atoms with van der Waals surface area (Å²) in [6.07, 6.45) is 3.17. The molecule has 5 nitrogen and oxygen atoms in total. The van der Waals surface area contributed by atoms with E-state index in [0.717, 1.165) is 0 Å². The molecule has 0 spiro atoms. The third-order valence-corrected chi connectivity index (χ3v) is 2.21. The Bertz CT molecular complexity index is 274. The Kier molecular flexibility index (Phi) is 3.36. The van der Waals surface area contributed by atoms with Gasteiger partial charge in [-0.1, -0.05) is 0 Å². The lowest BCUT2D eigenvalue weighted by Crippen LogP contribution is -2.08. The minimum absolute atomic E-state index is 0.129. The fourth-order valence-electron chi connectivity index (χ4n) is 0.815. The minimum atomic E-state index is -0.818. The van der Waals surface area contributed by atoms with E-state index in [4.69, 9.17) is 5.11 Å². The topological polar surface area (TPSA) is 68.0 Å². The van der Waals surface area contributed by atoms with Crippen LogP contribution in [-0.4, -0.2) is 36.1 Å². The predicted molar refractivity (Wildman–Crippen MR) is 44.9 cm³/mol. The fourth-order valence-corrected chi connectivity index (χ4v) is 1.27. The van der Waals surface area contributed by atoms with Gasteiger partial charge in [-0.15, -0.1) is 10.2 Å². The van der Waals surface area contributed by atoms with E-state index in [0.29, 0.717) is 18.1 Å². The first-order chi connectivity index (χ1) is 5.74. The molecule has 1 atom stereocenters. The minimum Gasteiger partial charge on any atom is -0.388 e. The van der Waals surface area contributed by atoms with E-state index in [2.05, 4.69) is 10.2 Å². The highest BCUT2D eigenvalue weighted by Gasteiger charge is 2.01. The van der Waals surface area contributed by atoms with Gasteiger partial charge in [0, 0.05) is 29.4 Å². The van der Waals surface area contributed by atoms with Crippen molar-refractivity contribution in [3.63, 3.8) is 0 Å². The summed E-state index contributed by atoms with van der Waals surface area (Å²) in [7, 11) is -0.818. The van der Waals surface area contributed by atoms with Gasteiger partial charge in [-0.05, 0) is 0 Å². The molecule has 1 aromatic heterocycles. The van der Waals surface area contributed by atoms with Crippen LogP contribution in [0.25, 0.3) is 0 Å². The van der Waals surface area contributed by atoms with Gasteiger partial charge >= 0.3 is 0 Å². The molecule has 0 fully saturated rings. The molecule has 1 aromatic rings. The number of aliphatic hydroxyl groups is 1. The number of aryl methyl sites for hydroxylation is 1. The molecular weight excluding hydrogens is 178 g/mol. The van der Waals surface area contributed by atoms with Crippen LogP contribution in [-0.2, 0) is 24.0 Å². The van der Waals surface area contributed by atoms with Crippen LogP contribution in [0.5, 0.6) is 0 Å². The second-order valence-corrected chi connectivity index (χ2v) is 3.93. The van der Waals surface area contributed by atoms with Crippen LogP contribution in [0, 0.1) is 0 Å². The lowest BCUT2D eigenvalue weighted by Gasteiger charge is -2.01. The van der Waals surface area contributed by atoms with E-state index in [1.54, 1.807) is 10.8 Å². The van der Waals surface area contributed by atoms with Gasteiger partial charge in [0.15, 0.2) is 5.82 Å². The van der Waals surface area contributed by atoms with Gasteiger partial charge in [0.2, 0.25) is 0 Å². The molecule has 1 N–H and O–H groups in total. The van der Waals surface area contributed by atoms with Gasteiger partial charge in [-0.25, -0.2) is 0 Å². The van der Waals surface area contributed by atoms with Crippen molar-refractivity contribution in [3.8, 4) is 0 Å². The van der Waals surface area contributed by atoms with Crippen LogP contribution < -0.4 is 0 Å². The molecule has 0 radical (unpaired) electrons. The maximum Gasteiger partial charge on any atom is 0.158 e. The first-order valence-electron chi connectivity index (χ1n) is 3.51. The Labute approximate surface area is 72.9 Å². The molecule has 1 rings (SSSR count). The number of rotatable bonds is 4. The summed E-state index contributed by atoms with van der Waals surface area (Å²) >= 11 is 0. The summed E-state index contributed by atoms with van der Waals surface area (Å²) in [4.78, 5) is 0. The first-order valence-corrected chi connectivity index (χ1v) is 5.24. The molecule has 0 aliphatic carbocycles. The average molecular weight is 189 g/mol. The van der Waals surface area contributed by atoms with E-state index in [-0.39, 0.29) is 6.61 Å². The van der Waals surface area contributed by atoms with Gasteiger partial charge in [-0.3, -0.25) is 4.21 Å². The van der Waals surface area contributed by atoms with Crippen LogP contribution in [0.15, 0.2) is 6.33 Å². The van der Waals surface area contributed by atoms with E-state index in [1.807, 2.05) is 0 Å². The highest BCUT2D eigenvalue weighted by atomic mass is 32.2. The molecule has 68 valence electrons. The molecule has 1 unspecified atom stereocenters. The van der Waals surface area contributed by atoms with Crippen molar-refractivity contribution in [1.82, 2.24) is 14.8 Å². The van der Waals surface area contributed by atoms with Crippen molar-refractivity contribution in [2.24, 2.45) is 0 Å². The van der Waals surface area contributed by atoms with Crippen LogP contribution in [0.3, 0.4) is 0 Å². The van der Waals surface area contributed by atoms with Crippen LogP contribution >= 0.6 is 0 Å². The Balaban J connectivity index is 2.56. The lowest BCUT2D eigenvalue weighted by molar-refractivity contribution is 0.265. The zero-order chi connectivity index (χ0) is 8.97. The lowest BCUT2D eigenvalue weighted by atomic mass is 10.6. The number of nitrogens with zero attached hydrogens (tertiary/aromatic N) is 3. The number of hydrogen-bond donors (Lipinski definition) is 1. The summed E-state index contributed by atoms with van der Waals surface area (Å²) in [5, 5.41) is 16.1. The molecule has 0 bridgehead atoms. The fraction of sp³-hybridized carbons (Fsp3) is 0.667. The average Bonchev–Trinajstić information content (AvgIpc) is 2.47. The maximum atomic E-state index is 10.7. The highest BCUT2D eigenvalue weighted by Crippen LogP contribution is 1.94. The molecular formula is C6H11N3O2S. The van der Waals surface area contributed by atoms with Gasteiger partial charge in [-0.2, -0.15) is 0 Å². The largest absolute Gasteiger partial charge is 0.388 e. The van der Waals surface area contributed by atoms with Crippen molar-refractivity contribution < 1.29 is 9.32 Å². The van der Waals surface area contributed by atoms with E-state index >= 15 is 0 Å². The number of aliphatic hydroxyl groups excluding tert-OH is 1.